The number of hydrogen-bond donors (Lipinski definition) is 3. The Hall–Kier alpha value is -2.87. The molecule has 2 amide bonds. The molecule has 1 aliphatic carbocycles. The maximum atomic E-state index is 13.7. The van der Waals surface area contributed by atoms with Gasteiger partial charge in [-0.25, -0.2) is 0 Å². The number of nitrogen functional groups attached to an aromatic ring is 1. The zero-order chi connectivity index (χ0) is 26.0. The molecule has 8 heteroatoms. The van der Waals surface area contributed by atoms with Crippen LogP contribution in [-0.4, -0.2) is 52.5 Å². The number of likely N-dealkylation sites (tertiary alicyclic amines) is 1. The standard InChI is InChI=1S/C28H40N4O4/c1-17(2)26(34)32-14-12-28(13-15-32,27(35)31-20-8-5-6-9-20)16-36-22-11-7-10-21-24(22)25(29)23(19(4)33)18(3)30-21/h7,10-11,17,19-20,33H,5-6,8-9,12-16H2,1-4H3,(H2,29,30)(H,31,35). The molecule has 4 rings (SSSR count). The number of nitrogens with one attached hydrogen (secondary N) is 1. The lowest BCUT2D eigenvalue weighted by Crippen LogP contribution is -2.54. The third-order valence-electron chi connectivity index (χ3n) is 7.86. The molecule has 0 bridgehead atoms. The van der Waals surface area contributed by atoms with Crippen LogP contribution in [0.25, 0.3) is 10.9 Å². The number of rotatable bonds is 7. The SMILES string of the molecule is Cc1nc2cccc(OCC3(C(=O)NC4CCCC4)CCN(C(=O)C(C)C)CC3)c2c(N)c1C(C)O. The molecule has 1 saturated heterocycles. The van der Waals surface area contributed by atoms with Crippen molar-refractivity contribution in [2.24, 2.45) is 11.3 Å². The van der Waals surface area contributed by atoms with Crippen molar-refractivity contribution in [3.63, 3.8) is 0 Å². The van der Waals surface area contributed by atoms with Crippen molar-refractivity contribution in [2.75, 3.05) is 25.4 Å². The Labute approximate surface area is 213 Å². The summed E-state index contributed by atoms with van der Waals surface area (Å²) in [5.41, 5.74) is 8.18. The Morgan fingerprint density at radius 3 is 2.50 bits per heavy atom. The van der Waals surface area contributed by atoms with Crippen molar-refractivity contribution in [3.8, 4) is 5.75 Å². The fourth-order valence-corrected chi connectivity index (χ4v) is 5.68. The summed E-state index contributed by atoms with van der Waals surface area (Å²) in [6.07, 6.45) is 4.61. The van der Waals surface area contributed by atoms with E-state index < -0.39 is 11.5 Å². The average molecular weight is 497 g/mol. The average Bonchev–Trinajstić information content (AvgIpc) is 3.35. The minimum atomic E-state index is -0.763. The van der Waals surface area contributed by atoms with Crippen LogP contribution in [0.15, 0.2) is 18.2 Å². The Bertz CT molecular complexity index is 1120. The second-order valence-corrected chi connectivity index (χ2v) is 10.9. The van der Waals surface area contributed by atoms with Crippen LogP contribution in [0.5, 0.6) is 5.75 Å². The van der Waals surface area contributed by atoms with Crippen LogP contribution < -0.4 is 15.8 Å². The quantitative estimate of drug-likeness (QED) is 0.535. The minimum Gasteiger partial charge on any atom is -0.492 e. The van der Waals surface area contributed by atoms with Crippen molar-refractivity contribution < 1.29 is 19.4 Å². The molecule has 4 N–H and O–H groups in total. The number of pyridine rings is 1. The number of ether oxygens (including phenoxy) is 1. The first-order chi connectivity index (χ1) is 17.1. The normalized spacial score (nSPS) is 19.0. The number of aromatic nitrogens is 1. The summed E-state index contributed by atoms with van der Waals surface area (Å²) < 4.78 is 6.38. The van der Waals surface area contributed by atoms with Crippen LogP contribution in [0.4, 0.5) is 5.69 Å². The molecule has 0 radical (unpaired) electrons. The Balaban J connectivity index is 1.62. The first-order valence-electron chi connectivity index (χ1n) is 13.2. The molecule has 8 nitrogen and oxygen atoms in total. The number of carbonyl (C=O) groups excluding carboxylic acids is 2. The van der Waals surface area contributed by atoms with Gasteiger partial charge in [-0.3, -0.25) is 14.6 Å². The summed E-state index contributed by atoms with van der Waals surface area (Å²) in [5, 5.41) is 14.2. The number of aliphatic hydroxyl groups is 1. The maximum absolute atomic E-state index is 13.7. The lowest BCUT2D eigenvalue weighted by atomic mass is 9.77. The third-order valence-corrected chi connectivity index (χ3v) is 7.86. The van der Waals surface area contributed by atoms with E-state index in [2.05, 4.69) is 10.3 Å². The molecule has 1 unspecified atom stereocenters. The van der Waals surface area contributed by atoms with Crippen molar-refractivity contribution in [1.82, 2.24) is 15.2 Å². The molecule has 1 atom stereocenters. The van der Waals surface area contributed by atoms with E-state index in [0.29, 0.717) is 59.5 Å². The molecule has 1 aliphatic heterocycles. The number of aliphatic hydroxyl groups excluding tert-OH is 1. The molecular weight excluding hydrogens is 456 g/mol. The lowest BCUT2D eigenvalue weighted by Gasteiger charge is -2.41. The van der Waals surface area contributed by atoms with Crippen molar-refractivity contribution >= 4 is 28.4 Å². The molecule has 1 aromatic carbocycles. The second-order valence-electron chi connectivity index (χ2n) is 10.9. The van der Waals surface area contributed by atoms with Gasteiger partial charge < -0.3 is 25.8 Å². The number of anilines is 1. The van der Waals surface area contributed by atoms with Gasteiger partial charge >= 0.3 is 0 Å². The van der Waals surface area contributed by atoms with Gasteiger partial charge in [0.25, 0.3) is 0 Å². The molecule has 2 aliphatic rings. The molecule has 0 spiro atoms. The monoisotopic (exact) mass is 496 g/mol. The zero-order valence-corrected chi connectivity index (χ0v) is 22.0. The summed E-state index contributed by atoms with van der Waals surface area (Å²) in [7, 11) is 0. The molecule has 2 aromatic rings. The van der Waals surface area contributed by atoms with E-state index in [1.807, 2.05) is 43.9 Å². The summed E-state index contributed by atoms with van der Waals surface area (Å²) in [6.45, 7) is 8.56. The highest BCUT2D eigenvalue weighted by Gasteiger charge is 2.44. The molecular formula is C28H40N4O4. The fourth-order valence-electron chi connectivity index (χ4n) is 5.68. The number of nitrogens with two attached hydrogens (primary N) is 1. The van der Waals surface area contributed by atoms with Crippen LogP contribution in [0, 0.1) is 18.3 Å². The lowest BCUT2D eigenvalue weighted by molar-refractivity contribution is -0.144. The molecule has 1 aromatic heterocycles. The summed E-state index contributed by atoms with van der Waals surface area (Å²) in [4.78, 5) is 32.8. The van der Waals surface area contributed by atoms with E-state index in [4.69, 9.17) is 10.5 Å². The zero-order valence-electron chi connectivity index (χ0n) is 22.0. The first kappa shape index (κ1) is 26.2. The number of piperidine rings is 1. The van der Waals surface area contributed by atoms with Gasteiger partial charge in [0.15, 0.2) is 0 Å². The number of hydrogen-bond acceptors (Lipinski definition) is 6. The highest BCUT2D eigenvalue weighted by atomic mass is 16.5. The second kappa shape index (κ2) is 10.6. The highest BCUT2D eigenvalue weighted by Crippen LogP contribution is 2.39. The topological polar surface area (TPSA) is 118 Å². The van der Waals surface area contributed by atoms with Crippen molar-refractivity contribution in [3.05, 3.63) is 29.5 Å². The number of carbonyl (C=O) groups is 2. The van der Waals surface area contributed by atoms with Crippen molar-refractivity contribution in [2.45, 2.75) is 78.4 Å². The Morgan fingerprint density at radius 2 is 1.89 bits per heavy atom. The van der Waals surface area contributed by atoms with Gasteiger partial charge in [-0.05, 0) is 51.7 Å². The Morgan fingerprint density at radius 1 is 1.22 bits per heavy atom. The minimum absolute atomic E-state index is 0.0119. The van der Waals surface area contributed by atoms with Crippen molar-refractivity contribution in [1.29, 1.82) is 0 Å². The molecule has 36 heavy (non-hydrogen) atoms. The van der Waals surface area contributed by atoms with Gasteiger partial charge in [0.1, 0.15) is 12.4 Å². The predicted octanol–water partition coefficient (Wildman–Crippen LogP) is 3.88. The van der Waals surface area contributed by atoms with Crippen LogP contribution in [0.2, 0.25) is 0 Å². The van der Waals surface area contributed by atoms with Gasteiger partial charge in [0, 0.05) is 36.3 Å². The molecule has 2 heterocycles. The predicted molar refractivity (Wildman–Crippen MR) is 141 cm³/mol. The van der Waals surface area contributed by atoms with Crippen LogP contribution >= 0.6 is 0 Å². The molecule has 1 saturated carbocycles. The van der Waals surface area contributed by atoms with E-state index in [9.17, 15) is 14.7 Å². The van der Waals surface area contributed by atoms with E-state index in [1.165, 1.54) is 0 Å². The number of fused-ring (bicyclic) bond motifs is 1. The van der Waals surface area contributed by atoms with E-state index in [1.54, 1.807) is 6.92 Å². The van der Waals surface area contributed by atoms with Crippen LogP contribution in [0.3, 0.4) is 0 Å². The number of aryl methyl sites for hydroxylation is 1. The number of nitrogens with zero attached hydrogens (tertiary/aromatic N) is 2. The number of benzene rings is 1. The summed E-state index contributed by atoms with van der Waals surface area (Å²) >= 11 is 0. The summed E-state index contributed by atoms with van der Waals surface area (Å²) in [5.74, 6) is 0.611. The van der Waals surface area contributed by atoms with Crippen LogP contribution in [0.1, 0.15) is 76.7 Å². The maximum Gasteiger partial charge on any atom is 0.230 e. The van der Waals surface area contributed by atoms with Gasteiger partial charge in [-0.1, -0.05) is 32.8 Å². The fraction of sp³-hybridized carbons (Fsp3) is 0.607. The largest absolute Gasteiger partial charge is 0.492 e. The third kappa shape index (κ3) is 5.14. The van der Waals surface area contributed by atoms with E-state index in [0.717, 1.165) is 25.7 Å². The smallest absolute Gasteiger partial charge is 0.230 e. The number of amides is 2. The van der Waals surface area contributed by atoms with E-state index in [-0.39, 0.29) is 30.4 Å². The van der Waals surface area contributed by atoms with Gasteiger partial charge in [-0.15, -0.1) is 0 Å². The summed E-state index contributed by atoms with van der Waals surface area (Å²) in [6, 6.07) is 5.77. The van der Waals surface area contributed by atoms with E-state index >= 15 is 0 Å². The van der Waals surface area contributed by atoms with Crippen LogP contribution in [-0.2, 0) is 9.59 Å². The molecule has 196 valence electrons. The highest BCUT2D eigenvalue weighted by molar-refractivity contribution is 5.97. The van der Waals surface area contributed by atoms with Gasteiger partial charge in [0.05, 0.1) is 28.1 Å². The first-order valence-corrected chi connectivity index (χ1v) is 13.2. The van der Waals surface area contributed by atoms with Gasteiger partial charge in [0.2, 0.25) is 11.8 Å². The molecule has 2 fully saturated rings. The van der Waals surface area contributed by atoms with Gasteiger partial charge in [-0.2, -0.15) is 0 Å². The Kier molecular flexibility index (Phi) is 7.73.